The number of amides is 1. The monoisotopic (exact) mass is 353 g/mol. The number of hydrogen-bond donors (Lipinski definition) is 1. The topological polar surface area (TPSA) is 66.8 Å². The predicted molar refractivity (Wildman–Crippen MR) is 98.0 cm³/mol. The highest BCUT2D eigenvalue weighted by Crippen LogP contribution is 2.24. The van der Waals surface area contributed by atoms with Gasteiger partial charge in [0.15, 0.2) is 0 Å². The molecular weight excluding hydrogens is 330 g/mol. The van der Waals surface area contributed by atoms with E-state index >= 15 is 0 Å². The van der Waals surface area contributed by atoms with E-state index in [2.05, 4.69) is 0 Å². The number of rotatable bonds is 5. The molecule has 136 valence electrons. The van der Waals surface area contributed by atoms with Crippen LogP contribution < -0.4 is 4.74 Å². The second-order valence-electron chi connectivity index (χ2n) is 6.85. The minimum atomic E-state index is -0.838. The van der Waals surface area contributed by atoms with Gasteiger partial charge in [0.1, 0.15) is 12.4 Å². The Morgan fingerprint density at radius 3 is 2.50 bits per heavy atom. The van der Waals surface area contributed by atoms with Gasteiger partial charge in [0.2, 0.25) is 0 Å². The summed E-state index contributed by atoms with van der Waals surface area (Å²) >= 11 is 0. The van der Waals surface area contributed by atoms with Crippen molar-refractivity contribution in [3.05, 3.63) is 65.7 Å². The summed E-state index contributed by atoms with van der Waals surface area (Å²) in [6.07, 6.45) is 0.609. The van der Waals surface area contributed by atoms with Crippen molar-refractivity contribution >= 4 is 11.9 Å². The molecule has 1 heterocycles. The van der Waals surface area contributed by atoms with Gasteiger partial charge in [-0.2, -0.15) is 0 Å². The number of piperidine rings is 1. The van der Waals surface area contributed by atoms with Crippen molar-refractivity contribution in [2.45, 2.75) is 20.0 Å². The van der Waals surface area contributed by atoms with Crippen LogP contribution in [0.4, 0.5) is 0 Å². The van der Waals surface area contributed by atoms with Crippen molar-refractivity contribution in [1.29, 1.82) is 0 Å². The van der Waals surface area contributed by atoms with E-state index in [1.165, 1.54) is 0 Å². The minimum Gasteiger partial charge on any atom is -0.489 e. The summed E-state index contributed by atoms with van der Waals surface area (Å²) < 4.78 is 5.79. The number of nitrogens with zero attached hydrogens (tertiary/aromatic N) is 1. The van der Waals surface area contributed by atoms with Crippen LogP contribution in [-0.4, -0.2) is 35.0 Å². The predicted octanol–water partition coefficient (Wildman–Crippen LogP) is 3.45. The Hall–Kier alpha value is -2.82. The van der Waals surface area contributed by atoms with Gasteiger partial charge >= 0.3 is 5.97 Å². The summed E-state index contributed by atoms with van der Waals surface area (Å²) in [5.74, 6) is -0.561. The standard InChI is InChI=1S/C21H23NO4/c1-15-11-17(21(24)25)13-22(12-15)20(23)19-10-6-5-7-16(19)14-26-18-8-3-2-4-9-18/h2-10,15,17H,11-14H2,1H3,(H,24,25). The number of benzene rings is 2. The number of hydrogen-bond acceptors (Lipinski definition) is 3. The van der Waals surface area contributed by atoms with Crippen LogP contribution in [0.2, 0.25) is 0 Å². The van der Waals surface area contributed by atoms with Crippen molar-refractivity contribution < 1.29 is 19.4 Å². The van der Waals surface area contributed by atoms with E-state index in [1.807, 2.05) is 55.5 Å². The lowest BCUT2D eigenvalue weighted by Gasteiger charge is -2.35. The number of aliphatic carboxylic acids is 1. The van der Waals surface area contributed by atoms with Crippen LogP contribution >= 0.6 is 0 Å². The zero-order valence-electron chi connectivity index (χ0n) is 14.8. The van der Waals surface area contributed by atoms with Crippen molar-refractivity contribution in [2.24, 2.45) is 11.8 Å². The normalized spacial score (nSPS) is 19.8. The molecule has 0 spiro atoms. The number of para-hydroxylation sites is 1. The van der Waals surface area contributed by atoms with Gasteiger partial charge in [-0.15, -0.1) is 0 Å². The largest absolute Gasteiger partial charge is 0.489 e. The second kappa shape index (κ2) is 8.04. The molecule has 1 aliphatic heterocycles. The quantitative estimate of drug-likeness (QED) is 0.894. The van der Waals surface area contributed by atoms with Crippen LogP contribution in [0.15, 0.2) is 54.6 Å². The Kier molecular flexibility index (Phi) is 5.56. The van der Waals surface area contributed by atoms with Gasteiger partial charge in [0.05, 0.1) is 5.92 Å². The van der Waals surface area contributed by atoms with Crippen LogP contribution in [0.1, 0.15) is 29.3 Å². The first-order valence-corrected chi connectivity index (χ1v) is 8.82. The molecular formula is C21H23NO4. The fourth-order valence-electron chi connectivity index (χ4n) is 3.40. The number of likely N-dealkylation sites (tertiary alicyclic amines) is 1. The molecule has 1 N–H and O–H groups in total. The molecule has 1 amide bonds. The molecule has 2 unspecified atom stereocenters. The average Bonchev–Trinajstić information content (AvgIpc) is 2.66. The van der Waals surface area contributed by atoms with Crippen LogP contribution in [0.25, 0.3) is 0 Å². The second-order valence-corrected chi connectivity index (χ2v) is 6.85. The van der Waals surface area contributed by atoms with Gasteiger partial charge in [-0.1, -0.05) is 43.3 Å². The summed E-state index contributed by atoms with van der Waals surface area (Å²) in [6.45, 7) is 3.11. The van der Waals surface area contributed by atoms with E-state index in [-0.39, 0.29) is 25.0 Å². The fraction of sp³-hybridized carbons (Fsp3) is 0.333. The Labute approximate surface area is 153 Å². The molecule has 0 radical (unpaired) electrons. The third kappa shape index (κ3) is 4.23. The average molecular weight is 353 g/mol. The molecule has 3 rings (SSSR count). The van der Waals surface area contributed by atoms with E-state index in [9.17, 15) is 14.7 Å². The van der Waals surface area contributed by atoms with Crippen LogP contribution in [0.3, 0.4) is 0 Å². The fourth-order valence-corrected chi connectivity index (χ4v) is 3.40. The maximum absolute atomic E-state index is 13.0. The zero-order valence-corrected chi connectivity index (χ0v) is 14.8. The number of ether oxygens (including phenoxy) is 1. The first kappa shape index (κ1) is 18.0. The van der Waals surface area contributed by atoms with Crippen molar-refractivity contribution in [3.8, 4) is 5.75 Å². The molecule has 0 bridgehead atoms. The van der Waals surface area contributed by atoms with E-state index < -0.39 is 11.9 Å². The summed E-state index contributed by atoms with van der Waals surface area (Å²) in [4.78, 5) is 26.1. The maximum Gasteiger partial charge on any atom is 0.308 e. The molecule has 0 aliphatic carbocycles. The van der Waals surface area contributed by atoms with Crippen molar-refractivity contribution in [3.63, 3.8) is 0 Å². The molecule has 2 atom stereocenters. The number of carbonyl (C=O) groups is 2. The smallest absolute Gasteiger partial charge is 0.308 e. The van der Waals surface area contributed by atoms with E-state index in [0.29, 0.717) is 18.5 Å². The van der Waals surface area contributed by atoms with Crippen LogP contribution in [0, 0.1) is 11.8 Å². The van der Waals surface area contributed by atoms with E-state index in [4.69, 9.17) is 4.74 Å². The van der Waals surface area contributed by atoms with Gasteiger partial charge < -0.3 is 14.7 Å². The zero-order chi connectivity index (χ0) is 18.5. The molecule has 1 fully saturated rings. The molecule has 2 aromatic carbocycles. The Morgan fingerprint density at radius 2 is 1.77 bits per heavy atom. The molecule has 1 saturated heterocycles. The highest BCUT2D eigenvalue weighted by atomic mass is 16.5. The number of carboxylic acids is 1. The first-order valence-electron chi connectivity index (χ1n) is 8.82. The highest BCUT2D eigenvalue weighted by molar-refractivity contribution is 5.96. The number of carbonyl (C=O) groups excluding carboxylic acids is 1. The van der Waals surface area contributed by atoms with Gasteiger partial charge in [0, 0.05) is 24.2 Å². The Bertz CT molecular complexity index is 775. The third-order valence-corrected chi connectivity index (χ3v) is 4.68. The minimum absolute atomic E-state index is 0.130. The molecule has 2 aromatic rings. The lowest BCUT2D eigenvalue weighted by Crippen LogP contribution is -2.45. The highest BCUT2D eigenvalue weighted by Gasteiger charge is 2.32. The van der Waals surface area contributed by atoms with Crippen molar-refractivity contribution in [2.75, 3.05) is 13.1 Å². The molecule has 5 heteroatoms. The molecule has 0 aromatic heterocycles. The molecule has 26 heavy (non-hydrogen) atoms. The number of carboxylic acid groups (broad SMARTS) is 1. The summed E-state index contributed by atoms with van der Waals surface area (Å²) in [6, 6.07) is 16.8. The van der Waals surface area contributed by atoms with Gasteiger partial charge in [0.25, 0.3) is 5.91 Å². The molecule has 1 aliphatic rings. The van der Waals surface area contributed by atoms with Gasteiger partial charge in [-0.05, 0) is 30.5 Å². The van der Waals surface area contributed by atoms with Gasteiger partial charge in [-0.3, -0.25) is 9.59 Å². The van der Waals surface area contributed by atoms with Crippen molar-refractivity contribution in [1.82, 2.24) is 4.90 Å². The Morgan fingerprint density at radius 1 is 1.08 bits per heavy atom. The third-order valence-electron chi connectivity index (χ3n) is 4.68. The SMILES string of the molecule is CC1CC(C(=O)O)CN(C(=O)c2ccccc2COc2ccccc2)C1. The summed E-state index contributed by atoms with van der Waals surface area (Å²) in [5.41, 5.74) is 1.37. The van der Waals surface area contributed by atoms with Crippen LogP contribution in [0.5, 0.6) is 5.75 Å². The Balaban J connectivity index is 1.76. The van der Waals surface area contributed by atoms with Gasteiger partial charge in [-0.25, -0.2) is 0 Å². The van der Waals surface area contributed by atoms with Crippen LogP contribution in [-0.2, 0) is 11.4 Å². The lowest BCUT2D eigenvalue weighted by atomic mass is 9.90. The lowest BCUT2D eigenvalue weighted by molar-refractivity contribution is -0.143. The van der Waals surface area contributed by atoms with E-state index in [0.717, 1.165) is 11.3 Å². The summed E-state index contributed by atoms with van der Waals surface area (Å²) in [7, 11) is 0. The molecule has 5 nitrogen and oxygen atoms in total. The maximum atomic E-state index is 13.0. The van der Waals surface area contributed by atoms with E-state index in [1.54, 1.807) is 11.0 Å². The molecule has 0 saturated carbocycles. The summed E-state index contributed by atoms with van der Waals surface area (Å²) in [5, 5.41) is 9.33. The first-order chi connectivity index (χ1) is 12.5.